The van der Waals surface area contributed by atoms with Crippen molar-refractivity contribution in [1.29, 1.82) is 0 Å². The Kier molecular flexibility index (Phi) is 4.33. The van der Waals surface area contributed by atoms with E-state index in [0.29, 0.717) is 12.1 Å². The SMILES string of the molecule is O=C(Cn1nc(-c2ccccc2)oc1=O)NCc1ccccc1. The first-order chi connectivity index (χ1) is 11.2. The zero-order valence-corrected chi connectivity index (χ0v) is 12.3. The minimum atomic E-state index is -0.654. The second-order valence-corrected chi connectivity index (χ2v) is 4.96. The van der Waals surface area contributed by atoms with Gasteiger partial charge in [0, 0.05) is 12.1 Å². The maximum atomic E-state index is 11.9. The van der Waals surface area contributed by atoms with Crippen LogP contribution in [0.5, 0.6) is 0 Å². The number of amides is 1. The van der Waals surface area contributed by atoms with E-state index in [0.717, 1.165) is 10.2 Å². The molecule has 0 saturated heterocycles. The fraction of sp³-hybridized carbons (Fsp3) is 0.118. The predicted molar refractivity (Wildman–Crippen MR) is 84.5 cm³/mol. The van der Waals surface area contributed by atoms with Gasteiger partial charge in [-0.25, -0.2) is 4.79 Å². The number of rotatable bonds is 5. The van der Waals surface area contributed by atoms with E-state index < -0.39 is 5.76 Å². The maximum Gasteiger partial charge on any atom is 0.437 e. The zero-order valence-electron chi connectivity index (χ0n) is 12.3. The Morgan fingerprint density at radius 3 is 2.39 bits per heavy atom. The topological polar surface area (TPSA) is 77.1 Å². The van der Waals surface area contributed by atoms with Gasteiger partial charge in [-0.05, 0) is 17.7 Å². The van der Waals surface area contributed by atoms with Crippen LogP contribution in [0.3, 0.4) is 0 Å². The van der Waals surface area contributed by atoms with Crippen LogP contribution < -0.4 is 11.1 Å². The Hall–Kier alpha value is -3.15. The molecule has 1 amide bonds. The minimum Gasteiger partial charge on any atom is -0.388 e. The number of nitrogens with one attached hydrogen (secondary N) is 1. The van der Waals surface area contributed by atoms with Crippen molar-refractivity contribution in [2.24, 2.45) is 0 Å². The first-order valence-corrected chi connectivity index (χ1v) is 7.16. The molecule has 1 N–H and O–H groups in total. The molecule has 23 heavy (non-hydrogen) atoms. The summed E-state index contributed by atoms with van der Waals surface area (Å²) in [7, 11) is 0. The molecule has 0 saturated carbocycles. The summed E-state index contributed by atoms with van der Waals surface area (Å²) in [6.07, 6.45) is 0. The number of nitrogens with zero attached hydrogens (tertiary/aromatic N) is 2. The van der Waals surface area contributed by atoms with Crippen molar-refractivity contribution in [2.45, 2.75) is 13.1 Å². The molecule has 0 aliphatic carbocycles. The molecule has 3 rings (SSSR count). The number of aromatic nitrogens is 2. The quantitative estimate of drug-likeness (QED) is 0.780. The summed E-state index contributed by atoms with van der Waals surface area (Å²) >= 11 is 0. The number of carbonyl (C=O) groups is 1. The summed E-state index contributed by atoms with van der Waals surface area (Å²) in [5, 5.41) is 6.80. The molecule has 0 fully saturated rings. The molecule has 116 valence electrons. The van der Waals surface area contributed by atoms with Crippen LogP contribution in [-0.4, -0.2) is 15.7 Å². The lowest BCUT2D eigenvalue weighted by atomic mass is 10.2. The molecule has 6 heteroatoms. The monoisotopic (exact) mass is 309 g/mol. The highest BCUT2D eigenvalue weighted by molar-refractivity contribution is 5.75. The summed E-state index contributed by atoms with van der Waals surface area (Å²) < 4.78 is 6.10. The Bertz CT molecular complexity index is 838. The average Bonchev–Trinajstić information content (AvgIpc) is 2.95. The molecule has 0 aliphatic heterocycles. The van der Waals surface area contributed by atoms with Gasteiger partial charge in [-0.2, -0.15) is 4.68 Å². The second kappa shape index (κ2) is 6.74. The molecule has 0 spiro atoms. The van der Waals surface area contributed by atoms with Gasteiger partial charge in [0.1, 0.15) is 6.54 Å². The van der Waals surface area contributed by atoms with E-state index in [-0.39, 0.29) is 18.3 Å². The van der Waals surface area contributed by atoms with Crippen LogP contribution in [0, 0.1) is 0 Å². The van der Waals surface area contributed by atoms with Crippen molar-refractivity contribution in [1.82, 2.24) is 15.1 Å². The van der Waals surface area contributed by atoms with Gasteiger partial charge in [0.2, 0.25) is 11.8 Å². The molecule has 0 bridgehead atoms. The molecule has 1 heterocycles. The lowest BCUT2D eigenvalue weighted by molar-refractivity contribution is -0.122. The molecule has 0 radical (unpaired) electrons. The molecular weight excluding hydrogens is 294 g/mol. The summed E-state index contributed by atoms with van der Waals surface area (Å²) in [6.45, 7) is 0.222. The van der Waals surface area contributed by atoms with Crippen molar-refractivity contribution in [3.63, 3.8) is 0 Å². The molecular formula is C17H15N3O3. The average molecular weight is 309 g/mol. The Morgan fingerprint density at radius 2 is 1.70 bits per heavy atom. The Morgan fingerprint density at radius 1 is 1.04 bits per heavy atom. The molecule has 0 unspecified atom stereocenters. The first kappa shape index (κ1) is 14.8. The predicted octanol–water partition coefficient (Wildman–Crippen LogP) is 1.82. The molecule has 6 nitrogen and oxygen atoms in total. The number of carbonyl (C=O) groups excluding carboxylic acids is 1. The zero-order chi connectivity index (χ0) is 16.1. The lowest BCUT2D eigenvalue weighted by Gasteiger charge is -2.04. The van der Waals surface area contributed by atoms with Crippen LogP contribution in [0.25, 0.3) is 11.5 Å². The molecule has 3 aromatic rings. The lowest BCUT2D eigenvalue weighted by Crippen LogP contribution is -2.31. The van der Waals surface area contributed by atoms with E-state index in [1.165, 1.54) is 0 Å². The third-order valence-corrected chi connectivity index (χ3v) is 3.25. The summed E-state index contributed by atoms with van der Waals surface area (Å²) in [6, 6.07) is 18.6. The standard InChI is InChI=1S/C17H15N3O3/c21-15(18-11-13-7-3-1-4-8-13)12-20-17(22)23-16(19-20)14-9-5-2-6-10-14/h1-10H,11-12H2,(H,18,21). The first-order valence-electron chi connectivity index (χ1n) is 7.16. The van der Waals surface area contributed by atoms with E-state index >= 15 is 0 Å². The fourth-order valence-electron chi connectivity index (χ4n) is 2.09. The molecule has 0 aliphatic rings. The summed E-state index contributed by atoms with van der Waals surface area (Å²) in [5.41, 5.74) is 1.67. The van der Waals surface area contributed by atoms with Gasteiger partial charge in [-0.1, -0.05) is 48.5 Å². The van der Waals surface area contributed by atoms with Crippen molar-refractivity contribution in [2.75, 3.05) is 0 Å². The van der Waals surface area contributed by atoms with Crippen LogP contribution in [-0.2, 0) is 17.9 Å². The van der Waals surface area contributed by atoms with E-state index in [1.54, 1.807) is 12.1 Å². The largest absolute Gasteiger partial charge is 0.437 e. The maximum absolute atomic E-state index is 11.9. The third kappa shape index (κ3) is 3.74. The highest BCUT2D eigenvalue weighted by Crippen LogP contribution is 2.13. The van der Waals surface area contributed by atoms with Crippen molar-refractivity contribution in [3.05, 3.63) is 76.8 Å². The van der Waals surface area contributed by atoms with Gasteiger partial charge < -0.3 is 9.73 Å². The molecule has 0 atom stereocenters. The van der Waals surface area contributed by atoms with Crippen LogP contribution in [0.1, 0.15) is 5.56 Å². The number of benzene rings is 2. The number of hydrogen-bond donors (Lipinski definition) is 1. The van der Waals surface area contributed by atoms with Crippen LogP contribution in [0.2, 0.25) is 0 Å². The minimum absolute atomic E-state index is 0.179. The Labute approximate surface area is 132 Å². The summed E-state index contributed by atoms with van der Waals surface area (Å²) in [5.74, 6) is -0.756. The highest BCUT2D eigenvalue weighted by Gasteiger charge is 2.12. The van der Waals surface area contributed by atoms with Crippen LogP contribution >= 0.6 is 0 Å². The normalized spacial score (nSPS) is 10.4. The van der Waals surface area contributed by atoms with Gasteiger partial charge >= 0.3 is 5.76 Å². The fourth-order valence-corrected chi connectivity index (χ4v) is 2.09. The molecule has 2 aromatic carbocycles. The summed E-state index contributed by atoms with van der Waals surface area (Å²) in [4.78, 5) is 23.7. The highest BCUT2D eigenvalue weighted by atomic mass is 16.4. The van der Waals surface area contributed by atoms with Gasteiger partial charge in [-0.15, -0.1) is 5.10 Å². The van der Waals surface area contributed by atoms with Crippen molar-refractivity contribution in [3.8, 4) is 11.5 Å². The van der Waals surface area contributed by atoms with Gasteiger partial charge in [0.05, 0.1) is 0 Å². The van der Waals surface area contributed by atoms with Gasteiger partial charge in [-0.3, -0.25) is 4.79 Å². The van der Waals surface area contributed by atoms with E-state index in [1.807, 2.05) is 48.5 Å². The number of hydrogen-bond acceptors (Lipinski definition) is 4. The van der Waals surface area contributed by atoms with Crippen LogP contribution in [0.15, 0.2) is 69.9 Å². The van der Waals surface area contributed by atoms with E-state index in [2.05, 4.69) is 10.4 Å². The Balaban J connectivity index is 1.65. The van der Waals surface area contributed by atoms with Crippen LogP contribution in [0.4, 0.5) is 0 Å². The molecule has 1 aromatic heterocycles. The van der Waals surface area contributed by atoms with E-state index in [9.17, 15) is 9.59 Å². The van der Waals surface area contributed by atoms with Crippen molar-refractivity contribution >= 4 is 5.91 Å². The van der Waals surface area contributed by atoms with Gasteiger partial charge in [0.15, 0.2) is 0 Å². The smallest absolute Gasteiger partial charge is 0.388 e. The van der Waals surface area contributed by atoms with E-state index in [4.69, 9.17) is 4.42 Å². The van der Waals surface area contributed by atoms with Gasteiger partial charge in [0.25, 0.3) is 0 Å². The van der Waals surface area contributed by atoms with Crippen molar-refractivity contribution < 1.29 is 9.21 Å². The second-order valence-electron chi connectivity index (χ2n) is 4.96. The third-order valence-electron chi connectivity index (χ3n) is 3.25.